The number of β-amino-alcohol motifs (C(OH)–C–C–N with tert-alkyl or cyclic N) is 1. The summed E-state index contributed by atoms with van der Waals surface area (Å²) in [7, 11) is -3.15. The van der Waals surface area contributed by atoms with Crippen LogP contribution in [0.4, 0.5) is 0 Å². The quantitative estimate of drug-likeness (QED) is 0.713. The monoisotopic (exact) mass is 305 g/mol. The predicted octanol–water partition coefficient (Wildman–Crippen LogP) is -0.543. The lowest BCUT2D eigenvalue weighted by molar-refractivity contribution is 0.0263. The van der Waals surface area contributed by atoms with Gasteiger partial charge in [0.2, 0.25) is 10.0 Å². The van der Waals surface area contributed by atoms with Crippen LogP contribution in [0.25, 0.3) is 0 Å². The lowest BCUT2D eigenvalue weighted by atomic mass is 10.1. The highest BCUT2D eigenvalue weighted by atomic mass is 32.2. The Morgan fingerprint density at radius 1 is 1.25 bits per heavy atom. The van der Waals surface area contributed by atoms with E-state index in [9.17, 15) is 13.5 Å². The fourth-order valence-electron chi connectivity index (χ4n) is 2.97. The lowest BCUT2D eigenvalue weighted by Crippen LogP contribution is -2.53. The molecule has 2 aliphatic rings. The zero-order valence-corrected chi connectivity index (χ0v) is 13.3. The van der Waals surface area contributed by atoms with Crippen LogP contribution in [0.3, 0.4) is 0 Å². The molecule has 2 rings (SSSR count). The second-order valence-electron chi connectivity index (χ2n) is 6.56. The van der Waals surface area contributed by atoms with Gasteiger partial charge in [0.15, 0.2) is 0 Å². The molecule has 2 fully saturated rings. The van der Waals surface area contributed by atoms with E-state index in [-0.39, 0.29) is 11.8 Å². The number of hydrogen-bond acceptors (Lipinski definition) is 5. The van der Waals surface area contributed by atoms with Crippen molar-refractivity contribution in [3.63, 3.8) is 0 Å². The minimum absolute atomic E-state index is 0.120. The van der Waals surface area contributed by atoms with Crippen molar-refractivity contribution in [1.29, 1.82) is 0 Å². The summed E-state index contributed by atoms with van der Waals surface area (Å²) in [5.41, 5.74) is -0.727. The van der Waals surface area contributed by atoms with Gasteiger partial charge in [0, 0.05) is 38.8 Å². The zero-order valence-electron chi connectivity index (χ0n) is 12.5. The molecule has 0 bridgehead atoms. The molecule has 7 heteroatoms. The van der Waals surface area contributed by atoms with Crippen LogP contribution in [0.2, 0.25) is 0 Å². The number of rotatable bonds is 5. The molecule has 2 heterocycles. The van der Waals surface area contributed by atoms with Crippen LogP contribution in [-0.2, 0) is 10.0 Å². The van der Waals surface area contributed by atoms with E-state index >= 15 is 0 Å². The Morgan fingerprint density at radius 3 is 2.40 bits per heavy atom. The number of nitrogens with zero attached hydrogens (tertiary/aromatic N) is 2. The van der Waals surface area contributed by atoms with Gasteiger partial charge in [-0.1, -0.05) is 0 Å². The Balaban J connectivity index is 1.83. The van der Waals surface area contributed by atoms with E-state index in [0.29, 0.717) is 32.7 Å². The van der Waals surface area contributed by atoms with E-state index in [0.717, 1.165) is 19.4 Å². The van der Waals surface area contributed by atoms with E-state index in [2.05, 4.69) is 10.2 Å². The summed E-state index contributed by atoms with van der Waals surface area (Å²) < 4.78 is 26.3. The molecule has 0 radical (unpaired) electrons. The molecule has 0 amide bonds. The van der Waals surface area contributed by atoms with Crippen LogP contribution in [0.15, 0.2) is 0 Å². The van der Waals surface area contributed by atoms with Gasteiger partial charge >= 0.3 is 0 Å². The summed E-state index contributed by atoms with van der Waals surface area (Å²) >= 11 is 0. The normalized spacial score (nSPS) is 27.1. The van der Waals surface area contributed by atoms with Gasteiger partial charge in [0.05, 0.1) is 11.4 Å². The fourth-order valence-corrected chi connectivity index (χ4v) is 4.70. The van der Waals surface area contributed by atoms with E-state index in [1.807, 2.05) is 0 Å². The number of nitrogens with one attached hydrogen (secondary N) is 1. The van der Waals surface area contributed by atoms with Gasteiger partial charge in [-0.05, 0) is 33.2 Å². The molecular formula is C13H27N3O3S. The Bertz CT molecular complexity index is 405. The molecule has 0 spiro atoms. The molecule has 0 aliphatic carbocycles. The summed E-state index contributed by atoms with van der Waals surface area (Å²) in [5.74, 6) is 0.221. The van der Waals surface area contributed by atoms with Gasteiger partial charge in [-0.25, -0.2) is 8.42 Å². The first-order valence-corrected chi connectivity index (χ1v) is 9.03. The van der Waals surface area contributed by atoms with E-state index in [1.165, 1.54) is 0 Å². The first-order valence-electron chi connectivity index (χ1n) is 7.42. The Labute approximate surface area is 122 Å². The van der Waals surface area contributed by atoms with Crippen LogP contribution in [-0.4, -0.2) is 79.4 Å². The topological polar surface area (TPSA) is 72.9 Å². The minimum atomic E-state index is -3.15. The largest absolute Gasteiger partial charge is 0.389 e. The second kappa shape index (κ2) is 6.27. The third kappa shape index (κ3) is 4.66. The molecule has 1 unspecified atom stereocenters. The van der Waals surface area contributed by atoms with Gasteiger partial charge < -0.3 is 10.4 Å². The number of sulfonamides is 1. The van der Waals surface area contributed by atoms with E-state index in [4.69, 9.17) is 0 Å². The number of aliphatic hydroxyl groups is 1. The van der Waals surface area contributed by atoms with Gasteiger partial charge in [-0.2, -0.15) is 4.31 Å². The van der Waals surface area contributed by atoms with Crippen LogP contribution < -0.4 is 5.32 Å². The Hall–Kier alpha value is -0.210. The van der Waals surface area contributed by atoms with Gasteiger partial charge in [-0.15, -0.1) is 0 Å². The molecule has 2 aliphatic heterocycles. The second-order valence-corrected chi connectivity index (χ2v) is 8.57. The smallest absolute Gasteiger partial charge is 0.215 e. The summed E-state index contributed by atoms with van der Waals surface area (Å²) in [5, 5.41) is 13.0. The van der Waals surface area contributed by atoms with E-state index in [1.54, 1.807) is 18.2 Å². The van der Waals surface area contributed by atoms with Crippen LogP contribution in [0, 0.1) is 0 Å². The molecule has 1 atom stereocenters. The van der Waals surface area contributed by atoms with Gasteiger partial charge in [0.25, 0.3) is 0 Å². The van der Waals surface area contributed by atoms with Crippen molar-refractivity contribution in [3.8, 4) is 0 Å². The van der Waals surface area contributed by atoms with Gasteiger partial charge in [-0.3, -0.25) is 4.90 Å². The standard InChI is InChI=1S/C13H27N3O3S/c1-13(2,17)11-15-6-8-16(9-7-15)20(18,19)10-12-4-3-5-14-12/h12,14,17H,3-11H2,1-2H3. The maximum atomic E-state index is 12.4. The third-order valence-electron chi connectivity index (χ3n) is 3.91. The molecule has 2 N–H and O–H groups in total. The SMILES string of the molecule is CC(C)(O)CN1CCN(S(=O)(=O)CC2CCCN2)CC1. The number of piperazine rings is 1. The highest BCUT2D eigenvalue weighted by Crippen LogP contribution is 2.15. The predicted molar refractivity (Wildman–Crippen MR) is 79.1 cm³/mol. The molecule has 0 aromatic rings. The molecule has 0 aromatic heterocycles. The maximum absolute atomic E-state index is 12.4. The van der Waals surface area contributed by atoms with Crippen molar-refractivity contribution in [2.45, 2.75) is 38.3 Å². The summed E-state index contributed by atoms with van der Waals surface area (Å²) in [6, 6.07) is 0.120. The van der Waals surface area contributed by atoms with Crippen LogP contribution in [0.1, 0.15) is 26.7 Å². The molecule has 20 heavy (non-hydrogen) atoms. The molecule has 0 aromatic carbocycles. The summed E-state index contributed by atoms with van der Waals surface area (Å²) in [4.78, 5) is 2.12. The maximum Gasteiger partial charge on any atom is 0.215 e. The van der Waals surface area contributed by atoms with Gasteiger partial charge in [0.1, 0.15) is 0 Å². The molecule has 0 saturated carbocycles. The van der Waals surface area contributed by atoms with Crippen LogP contribution in [0.5, 0.6) is 0 Å². The third-order valence-corrected chi connectivity index (χ3v) is 5.88. The average Bonchev–Trinajstić information content (AvgIpc) is 2.79. The lowest BCUT2D eigenvalue weighted by Gasteiger charge is -2.36. The highest BCUT2D eigenvalue weighted by Gasteiger charge is 2.31. The van der Waals surface area contributed by atoms with Crippen molar-refractivity contribution in [2.75, 3.05) is 45.0 Å². The summed E-state index contributed by atoms with van der Waals surface area (Å²) in [6.45, 7) is 7.53. The number of hydrogen-bond donors (Lipinski definition) is 2. The first kappa shape index (κ1) is 16.2. The molecule has 2 saturated heterocycles. The van der Waals surface area contributed by atoms with Crippen molar-refractivity contribution >= 4 is 10.0 Å². The van der Waals surface area contributed by atoms with Crippen molar-refractivity contribution in [2.24, 2.45) is 0 Å². The Morgan fingerprint density at radius 2 is 1.90 bits per heavy atom. The van der Waals surface area contributed by atoms with Crippen LogP contribution >= 0.6 is 0 Å². The summed E-state index contributed by atoms with van der Waals surface area (Å²) in [6.07, 6.45) is 2.03. The average molecular weight is 305 g/mol. The Kier molecular flexibility index (Phi) is 5.07. The fraction of sp³-hybridized carbons (Fsp3) is 1.00. The molecule has 118 valence electrons. The van der Waals surface area contributed by atoms with Crippen molar-refractivity contribution in [3.05, 3.63) is 0 Å². The highest BCUT2D eigenvalue weighted by molar-refractivity contribution is 7.89. The molecule has 6 nitrogen and oxygen atoms in total. The van der Waals surface area contributed by atoms with Crippen molar-refractivity contribution in [1.82, 2.24) is 14.5 Å². The zero-order chi connectivity index (χ0) is 14.8. The van der Waals surface area contributed by atoms with E-state index < -0.39 is 15.6 Å². The first-order chi connectivity index (χ1) is 9.26. The van der Waals surface area contributed by atoms with Crippen molar-refractivity contribution < 1.29 is 13.5 Å². The molecular weight excluding hydrogens is 278 g/mol. The minimum Gasteiger partial charge on any atom is -0.389 e.